The third-order valence-electron chi connectivity index (χ3n) is 6.37. The van der Waals surface area contributed by atoms with Crippen molar-refractivity contribution in [3.05, 3.63) is 47.4 Å². The summed E-state index contributed by atoms with van der Waals surface area (Å²) in [6.07, 6.45) is 3.76. The second-order valence-corrected chi connectivity index (χ2v) is 9.64. The van der Waals surface area contributed by atoms with Crippen LogP contribution >= 0.6 is 0 Å². The molecule has 3 heterocycles. The average Bonchev–Trinajstić information content (AvgIpc) is 3.35. The van der Waals surface area contributed by atoms with Crippen molar-refractivity contribution in [2.45, 2.75) is 51.4 Å². The lowest BCUT2D eigenvalue weighted by Gasteiger charge is -2.37. The van der Waals surface area contributed by atoms with Gasteiger partial charge in [-0.25, -0.2) is 9.97 Å². The summed E-state index contributed by atoms with van der Waals surface area (Å²) in [6.45, 7) is 8.23. The van der Waals surface area contributed by atoms with Gasteiger partial charge < -0.3 is 19.6 Å². The molecule has 8 heteroatoms. The molecule has 1 aliphatic carbocycles. The maximum absolute atomic E-state index is 12.3. The first-order chi connectivity index (χ1) is 15.2. The zero-order valence-electron chi connectivity index (χ0n) is 18.8. The van der Waals surface area contributed by atoms with Gasteiger partial charge in [-0.3, -0.25) is 9.79 Å². The maximum Gasteiger partial charge on any atom is 0.254 e. The molecule has 8 nitrogen and oxygen atoms in total. The summed E-state index contributed by atoms with van der Waals surface area (Å²) in [6, 6.07) is 8.17. The number of rotatable bonds is 5. The van der Waals surface area contributed by atoms with E-state index in [1.807, 2.05) is 12.1 Å². The number of hydrogen-bond acceptors (Lipinski definition) is 7. The number of carbonyl (C=O) groups is 1. The number of anilines is 1. The molecule has 0 radical (unpaired) electrons. The average molecular weight is 436 g/mol. The van der Waals surface area contributed by atoms with Crippen molar-refractivity contribution in [2.75, 3.05) is 31.1 Å². The Morgan fingerprint density at radius 1 is 1.12 bits per heavy atom. The summed E-state index contributed by atoms with van der Waals surface area (Å²) >= 11 is 0. The molecule has 1 aromatic heterocycles. The van der Waals surface area contributed by atoms with Crippen molar-refractivity contribution in [3.8, 4) is 5.75 Å². The van der Waals surface area contributed by atoms with Gasteiger partial charge >= 0.3 is 0 Å². The minimum atomic E-state index is -1.35. The molecule has 0 unspecified atom stereocenters. The zero-order chi connectivity index (χ0) is 22.5. The lowest BCUT2D eigenvalue weighted by atomic mass is 10.0. The Bertz CT molecular complexity index is 1080. The summed E-state index contributed by atoms with van der Waals surface area (Å²) in [7, 11) is 0. The second kappa shape index (κ2) is 7.55. The molecule has 1 amide bonds. The fraction of sp³-hybridized carbons (Fsp3) is 0.500. The molecule has 0 atom stereocenters. The van der Waals surface area contributed by atoms with Crippen molar-refractivity contribution < 1.29 is 14.6 Å². The van der Waals surface area contributed by atoms with E-state index in [2.05, 4.69) is 33.9 Å². The van der Waals surface area contributed by atoms with E-state index in [0.717, 1.165) is 41.4 Å². The van der Waals surface area contributed by atoms with Crippen LogP contribution in [0.5, 0.6) is 5.75 Å². The number of ether oxygens (including phenoxy) is 1. The van der Waals surface area contributed by atoms with Crippen molar-refractivity contribution in [3.63, 3.8) is 0 Å². The van der Waals surface area contributed by atoms with Gasteiger partial charge in [0, 0.05) is 37.8 Å². The molecule has 168 valence electrons. The normalized spacial score (nSPS) is 19.4. The Hall–Kier alpha value is -3.00. The molecule has 5 rings (SSSR count). The highest BCUT2D eigenvalue weighted by Crippen LogP contribution is 2.40. The first kappa shape index (κ1) is 20.9. The summed E-state index contributed by atoms with van der Waals surface area (Å²) in [5.74, 6) is 1.45. The minimum absolute atomic E-state index is 0.0268. The zero-order valence-corrected chi connectivity index (χ0v) is 18.8. The van der Waals surface area contributed by atoms with Crippen LogP contribution in [0.3, 0.4) is 0 Å². The number of aliphatic hydroxyl groups is 1. The monoisotopic (exact) mass is 435 g/mol. The van der Waals surface area contributed by atoms with Gasteiger partial charge in [0.2, 0.25) is 0 Å². The van der Waals surface area contributed by atoms with E-state index < -0.39 is 5.60 Å². The van der Waals surface area contributed by atoms with Crippen molar-refractivity contribution in [2.24, 2.45) is 4.99 Å². The highest BCUT2D eigenvalue weighted by atomic mass is 16.5. The van der Waals surface area contributed by atoms with E-state index in [9.17, 15) is 9.90 Å². The van der Waals surface area contributed by atoms with Crippen LogP contribution in [-0.2, 0) is 11.3 Å². The van der Waals surface area contributed by atoms with Crippen LogP contribution in [0.15, 0.2) is 35.6 Å². The lowest BCUT2D eigenvalue weighted by molar-refractivity contribution is -0.148. The van der Waals surface area contributed by atoms with Crippen LogP contribution in [-0.4, -0.2) is 69.0 Å². The van der Waals surface area contributed by atoms with Crippen LogP contribution in [0.4, 0.5) is 5.82 Å². The Labute approximate surface area is 188 Å². The molecule has 0 bridgehead atoms. The fourth-order valence-corrected chi connectivity index (χ4v) is 4.18. The van der Waals surface area contributed by atoms with Crippen LogP contribution in [0.1, 0.15) is 50.4 Å². The number of fused-ring (bicyclic) bond motifs is 1. The second-order valence-electron chi connectivity index (χ2n) is 9.64. The molecule has 2 aliphatic heterocycles. The van der Waals surface area contributed by atoms with Gasteiger partial charge in [0.15, 0.2) is 0 Å². The minimum Gasteiger partial charge on any atom is -0.488 e. The number of hydrogen-bond donors (Lipinski definition) is 1. The smallest absolute Gasteiger partial charge is 0.254 e. The van der Waals surface area contributed by atoms with Crippen molar-refractivity contribution in [1.29, 1.82) is 0 Å². The highest BCUT2D eigenvalue weighted by molar-refractivity contribution is 6.14. The van der Waals surface area contributed by atoms with Gasteiger partial charge in [-0.1, -0.05) is 6.07 Å². The number of nitrogens with zero attached hydrogens (tertiary/aromatic N) is 5. The fourth-order valence-electron chi connectivity index (χ4n) is 4.18. The predicted molar refractivity (Wildman–Crippen MR) is 121 cm³/mol. The van der Waals surface area contributed by atoms with Gasteiger partial charge in [0.25, 0.3) is 5.91 Å². The van der Waals surface area contributed by atoms with E-state index in [-0.39, 0.29) is 11.5 Å². The number of piperazine rings is 1. The van der Waals surface area contributed by atoms with E-state index in [1.54, 1.807) is 11.2 Å². The van der Waals surface area contributed by atoms with E-state index in [4.69, 9.17) is 9.73 Å². The molecular weight excluding hydrogens is 406 g/mol. The molecule has 2 aromatic rings. The Kier molecular flexibility index (Phi) is 4.93. The Balaban J connectivity index is 1.32. The molecule has 0 spiro atoms. The summed E-state index contributed by atoms with van der Waals surface area (Å²) in [5.41, 5.74) is 2.52. The van der Waals surface area contributed by atoms with E-state index >= 15 is 0 Å². The molecule has 3 aliphatic rings. The third-order valence-corrected chi connectivity index (χ3v) is 6.37. The molecule has 2 fully saturated rings. The number of aromatic nitrogens is 2. The van der Waals surface area contributed by atoms with Gasteiger partial charge in [-0.05, 0) is 51.3 Å². The topological polar surface area (TPSA) is 91.2 Å². The molecule has 1 N–H and O–H groups in total. The number of benzene rings is 1. The predicted octanol–water partition coefficient (Wildman–Crippen LogP) is 2.18. The summed E-state index contributed by atoms with van der Waals surface area (Å²) in [5, 5.41) is 10.00. The molecule has 1 saturated heterocycles. The Morgan fingerprint density at radius 3 is 2.56 bits per heavy atom. The van der Waals surface area contributed by atoms with Gasteiger partial charge in [-0.15, -0.1) is 0 Å². The standard InChI is InChI=1S/C24H29N5O3/c1-23(2,31)22(30)29-10-8-28(9-11-29)20-13-19(26-15-27-20)21-18-12-17(32-24(3)6-7-24)5-4-16(18)14-25-21/h4-5,12-13,15,31H,6-11,14H2,1-3H3. The third kappa shape index (κ3) is 4.07. The van der Waals surface area contributed by atoms with E-state index in [0.29, 0.717) is 32.7 Å². The lowest BCUT2D eigenvalue weighted by Crippen LogP contribution is -2.54. The number of aliphatic imine (C=N–C) groups is 1. The Morgan fingerprint density at radius 2 is 1.88 bits per heavy atom. The maximum atomic E-state index is 12.3. The summed E-state index contributed by atoms with van der Waals surface area (Å²) < 4.78 is 6.15. The molecule has 32 heavy (non-hydrogen) atoms. The van der Waals surface area contributed by atoms with E-state index in [1.165, 1.54) is 19.4 Å². The van der Waals surface area contributed by atoms with Crippen LogP contribution in [0.2, 0.25) is 0 Å². The molecule has 1 saturated carbocycles. The van der Waals surface area contributed by atoms with Crippen molar-refractivity contribution in [1.82, 2.24) is 14.9 Å². The van der Waals surface area contributed by atoms with Crippen LogP contribution in [0, 0.1) is 0 Å². The number of carbonyl (C=O) groups excluding carboxylic acids is 1. The quantitative estimate of drug-likeness (QED) is 0.774. The van der Waals surface area contributed by atoms with Gasteiger partial charge in [0.05, 0.1) is 18.0 Å². The highest BCUT2D eigenvalue weighted by Gasteiger charge is 2.40. The largest absolute Gasteiger partial charge is 0.488 e. The first-order valence-electron chi connectivity index (χ1n) is 11.2. The summed E-state index contributed by atoms with van der Waals surface area (Å²) in [4.78, 5) is 29.9. The van der Waals surface area contributed by atoms with Gasteiger partial charge in [-0.2, -0.15) is 0 Å². The molecular formula is C24H29N5O3. The first-order valence-corrected chi connectivity index (χ1v) is 11.2. The number of amides is 1. The van der Waals surface area contributed by atoms with Crippen LogP contribution in [0.25, 0.3) is 0 Å². The van der Waals surface area contributed by atoms with Gasteiger partial charge in [0.1, 0.15) is 29.1 Å². The van der Waals surface area contributed by atoms with Crippen LogP contribution < -0.4 is 9.64 Å². The molecule has 1 aromatic carbocycles. The van der Waals surface area contributed by atoms with Crippen molar-refractivity contribution >= 4 is 17.4 Å². The SMILES string of the molecule is CC1(Oc2ccc3c(c2)C(c2cc(N4CCN(C(=O)C(C)(C)O)CC4)ncn2)=NC3)CC1.